The monoisotopic (exact) mass is 589 g/mol. The second kappa shape index (κ2) is 9.65. The van der Waals surface area contributed by atoms with Crippen molar-refractivity contribution in [3.05, 3.63) is 78.2 Å². The van der Waals surface area contributed by atoms with Crippen LogP contribution in [-0.2, 0) is 30.2 Å². The Labute approximate surface area is 251 Å². The minimum atomic E-state index is -1.62. The molecular formula is C32H39N5O6. The number of amides is 2. The van der Waals surface area contributed by atoms with Gasteiger partial charge in [-0.15, -0.1) is 6.58 Å². The van der Waals surface area contributed by atoms with Crippen LogP contribution in [0.1, 0.15) is 65.6 Å². The highest BCUT2D eigenvalue weighted by Crippen LogP contribution is 2.64. The highest BCUT2D eigenvalue weighted by atomic mass is 16.7. The quantitative estimate of drug-likeness (QED) is 0.298. The maximum Gasteiger partial charge on any atom is 0.296 e. The fourth-order valence-electron chi connectivity index (χ4n) is 6.80. The molecule has 0 bridgehead atoms. The number of nitrogens with zero attached hydrogens (tertiary/aromatic N) is 4. The van der Waals surface area contributed by atoms with Crippen molar-refractivity contribution in [2.75, 3.05) is 12.2 Å². The maximum atomic E-state index is 13.9. The topological polar surface area (TPSA) is 137 Å². The van der Waals surface area contributed by atoms with Gasteiger partial charge in [0, 0.05) is 30.0 Å². The summed E-state index contributed by atoms with van der Waals surface area (Å²) in [6.45, 7) is 14.8. The van der Waals surface area contributed by atoms with Gasteiger partial charge in [0.05, 0.1) is 35.8 Å². The van der Waals surface area contributed by atoms with Gasteiger partial charge in [-0.1, -0.05) is 38.1 Å². The van der Waals surface area contributed by atoms with Gasteiger partial charge in [0.2, 0.25) is 5.79 Å². The van der Waals surface area contributed by atoms with Crippen molar-refractivity contribution in [3.8, 4) is 0 Å². The van der Waals surface area contributed by atoms with Crippen LogP contribution in [0.5, 0.6) is 0 Å². The van der Waals surface area contributed by atoms with Crippen LogP contribution in [0.3, 0.4) is 0 Å². The Morgan fingerprint density at radius 2 is 1.81 bits per heavy atom. The number of hydroxylamine groups is 1. The van der Waals surface area contributed by atoms with E-state index in [2.05, 4.69) is 16.9 Å². The summed E-state index contributed by atoms with van der Waals surface area (Å²) in [5.41, 5.74) is -2.18. The summed E-state index contributed by atoms with van der Waals surface area (Å²) in [6.07, 6.45) is 8.12. The summed E-state index contributed by atoms with van der Waals surface area (Å²) in [7, 11) is 1.46. The Balaban J connectivity index is 1.64. The largest absolute Gasteiger partial charge is 0.503 e. The lowest BCUT2D eigenvalue weighted by Gasteiger charge is -2.56. The average molecular weight is 590 g/mol. The predicted molar refractivity (Wildman–Crippen MR) is 160 cm³/mol. The van der Waals surface area contributed by atoms with E-state index in [1.165, 1.54) is 29.2 Å². The molecule has 1 spiro atoms. The van der Waals surface area contributed by atoms with E-state index in [0.717, 1.165) is 5.56 Å². The SMILES string of the molecule is C=CC(C)(C)[C@@]12C=C(O)C(=O)N3/C(=C\c4cn(C(C)(C)CC(=O)CC(C)(C)O)cn4)C(=O)N[C@]31N(OC)c1ccccc12. The van der Waals surface area contributed by atoms with E-state index >= 15 is 0 Å². The summed E-state index contributed by atoms with van der Waals surface area (Å²) < 4.78 is 1.76. The zero-order valence-electron chi connectivity index (χ0n) is 25.6. The number of rotatable bonds is 9. The maximum absolute atomic E-state index is 13.9. The zero-order valence-corrected chi connectivity index (χ0v) is 25.6. The molecule has 0 radical (unpaired) electrons. The highest BCUT2D eigenvalue weighted by molar-refractivity contribution is 6.10. The van der Waals surface area contributed by atoms with Crippen LogP contribution in [0.2, 0.25) is 0 Å². The molecule has 4 heterocycles. The first-order valence-corrected chi connectivity index (χ1v) is 14.1. The number of Topliss-reactive ketones (excluding diaryl/α,β-unsaturated/α-hetero) is 1. The molecular weight excluding hydrogens is 550 g/mol. The number of ketones is 1. The summed E-state index contributed by atoms with van der Waals surface area (Å²) in [6, 6.07) is 7.40. The van der Waals surface area contributed by atoms with Crippen LogP contribution in [0, 0.1) is 5.41 Å². The van der Waals surface area contributed by atoms with Gasteiger partial charge >= 0.3 is 0 Å². The molecule has 43 heavy (non-hydrogen) atoms. The molecule has 2 atom stereocenters. The second-order valence-corrected chi connectivity index (χ2v) is 13.3. The number of nitrogens with one attached hydrogen (secondary N) is 1. The number of carbonyl (C=O) groups excluding carboxylic acids is 3. The summed E-state index contributed by atoms with van der Waals surface area (Å²) >= 11 is 0. The fourth-order valence-corrected chi connectivity index (χ4v) is 6.80. The Morgan fingerprint density at radius 1 is 1.14 bits per heavy atom. The first kappa shape index (κ1) is 30.2. The number of carbonyl (C=O) groups is 3. The molecule has 0 unspecified atom stereocenters. The highest BCUT2D eigenvalue weighted by Gasteiger charge is 2.77. The van der Waals surface area contributed by atoms with E-state index in [4.69, 9.17) is 4.84 Å². The van der Waals surface area contributed by atoms with Gasteiger partial charge in [-0.25, -0.2) is 10.0 Å². The summed E-state index contributed by atoms with van der Waals surface area (Å²) in [5.74, 6) is -3.60. The lowest BCUT2D eigenvalue weighted by atomic mass is 9.57. The van der Waals surface area contributed by atoms with E-state index in [1.54, 1.807) is 37.0 Å². The van der Waals surface area contributed by atoms with Crippen LogP contribution in [-0.4, -0.2) is 60.8 Å². The minimum absolute atomic E-state index is 0.0135. The van der Waals surface area contributed by atoms with E-state index in [1.807, 2.05) is 52.0 Å². The molecule has 1 fully saturated rings. The van der Waals surface area contributed by atoms with Crippen LogP contribution in [0.4, 0.5) is 5.69 Å². The number of anilines is 1. The normalized spacial score (nSPS) is 24.5. The Morgan fingerprint density at radius 3 is 2.44 bits per heavy atom. The van der Waals surface area contributed by atoms with Gasteiger partial charge < -0.3 is 20.1 Å². The van der Waals surface area contributed by atoms with Crippen molar-refractivity contribution in [1.29, 1.82) is 0 Å². The van der Waals surface area contributed by atoms with Crippen LogP contribution >= 0.6 is 0 Å². The van der Waals surface area contributed by atoms with Crippen LogP contribution in [0.25, 0.3) is 6.08 Å². The number of imidazole rings is 1. The third-order valence-corrected chi connectivity index (χ3v) is 8.81. The van der Waals surface area contributed by atoms with Gasteiger partial charge in [0.1, 0.15) is 11.5 Å². The molecule has 3 aliphatic heterocycles. The number of fused-ring (bicyclic) bond motifs is 2. The average Bonchev–Trinajstić information content (AvgIpc) is 3.56. The van der Waals surface area contributed by atoms with E-state index in [9.17, 15) is 24.6 Å². The number of aromatic nitrogens is 2. The smallest absolute Gasteiger partial charge is 0.296 e. The third-order valence-electron chi connectivity index (χ3n) is 8.81. The number of allylic oxidation sites excluding steroid dienone is 1. The van der Waals surface area contributed by atoms with Crippen molar-refractivity contribution in [1.82, 2.24) is 19.8 Å². The lowest BCUT2D eigenvalue weighted by Crippen LogP contribution is -2.76. The molecule has 3 aliphatic rings. The standard InChI is InChI=1S/C32H39N5O6/c1-9-28(2,3)31-17-25(39)27(41)36-24(26(40)34-32(31,36)37(43-8)23-13-11-10-12-22(23)31)14-20-18-35(19-33-20)29(4,5)15-21(38)16-30(6,7)42/h9-14,17-19,39,42H,1,15-16H2,2-8H3,(H,34,40)/b24-14-/t31-,32-/m0/s1. The molecule has 11 heteroatoms. The van der Waals surface area contributed by atoms with E-state index < -0.39 is 45.3 Å². The molecule has 0 aliphatic carbocycles. The molecule has 3 N–H and O–H groups in total. The molecule has 1 aromatic heterocycles. The molecule has 0 saturated carbocycles. The van der Waals surface area contributed by atoms with Gasteiger partial charge in [-0.3, -0.25) is 24.1 Å². The van der Waals surface area contributed by atoms with Crippen molar-refractivity contribution in [2.45, 2.75) is 76.7 Å². The predicted octanol–water partition coefficient (Wildman–Crippen LogP) is 3.68. The van der Waals surface area contributed by atoms with E-state index in [-0.39, 0.29) is 24.3 Å². The minimum Gasteiger partial charge on any atom is -0.503 e. The number of aliphatic hydroxyl groups is 2. The number of benzene rings is 1. The van der Waals surface area contributed by atoms with Crippen molar-refractivity contribution < 1.29 is 29.4 Å². The first-order chi connectivity index (χ1) is 20.0. The summed E-state index contributed by atoms with van der Waals surface area (Å²) in [4.78, 5) is 52.0. The van der Waals surface area contributed by atoms with Gasteiger partial charge in [-0.2, -0.15) is 0 Å². The summed E-state index contributed by atoms with van der Waals surface area (Å²) in [5, 5.41) is 25.8. The molecule has 228 valence electrons. The second-order valence-electron chi connectivity index (χ2n) is 13.3. The third kappa shape index (κ3) is 4.24. The molecule has 1 saturated heterocycles. The van der Waals surface area contributed by atoms with Gasteiger partial charge in [0.25, 0.3) is 11.8 Å². The number of para-hydroxylation sites is 1. The number of hydrogen-bond acceptors (Lipinski definition) is 8. The number of hydrogen-bond donors (Lipinski definition) is 3. The van der Waals surface area contributed by atoms with E-state index in [0.29, 0.717) is 11.4 Å². The Hall–Kier alpha value is -4.22. The van der Waals surface area contributed by atoms with Crippen molar-refractivity contribution in [3.63, 3.8) is 0 Å². The van der Waals surface area contributed by atoms with Gasteiger partial charge in [0.15, 0.2) is 5.76 Å². The lowest BCUT2D eigenvalue weighted by molar-refractivity contribution is -0.144. The first-order valence-electron chi connectivity index (χ1n) is 14.1. The van der Waals surface area contributed by atoms with Crippen LogP contribution < -0.4 is 10.4 Å². The van der Waals surface area contributed by atoms with Crippen molar-refractivity contribution in [2.24, 2.45) is 5.41 Å². The van der Waals surface area contributed by atoms with Crippen molar-refractivity contribution >= 4 is 29.4 Å². The molecule has 5 rings (SSSR count). The molecule has 1 aromatic carbocycles. The Kier molecular flexibility index (Phi) is 6.79. The Bertz CT molecular complexity index is 1590. The van der Waals surface area contributed by atoms with Gasteiger partial charge in [-0.05, 0) is 51.5 Å². The fraction of sp³-hybridized carbons (Fsp3) is 0.438. The molecule has 11 nitrogen and oxygen atoms in total. The zero-order chi connectivity index (χ0) is 31.8. The molecule has 2 amide bonds. The van der Waals surface area contributed by atoms with Crippen LogP contribution in [0.15, 0.2) is 67.0 Å². The molecule has 2 aromatic rings. The number of aliphatic hydroxyl groups excluding tert-OH is 1.